The van der Waals surface area contributed by atoms with Crippen molar-refractivity contribution in [1.82, 2.24) is 9.55 Å². The van der Waals surface area contributed by atoms with Gasteiger partial charge < -0.3 is 4.57 Å². The molecule has 1 aliphatic carbocycles. The highest BCUT2D eigenvalue weighted by molar-refractivity contribution is 7.90. The number of rotatable bonds is 6. The van der Waals surface area contributed by atoms with Crippen LogP contribution < -0.4 is 0 Å². The normalized spacial score (nSPS) is 17.7. The van der Waals surface area contributed by atoms with E-state index in [1.807, 2.05) is 41.0 Å². The SMILES string of the molecule is CS(=O)(=O)CCCn1c(CC2C=CC=CC2=O)nc2ccccc21. The van der Waals surface area contributed by atoms with Gasteiger partial charge in [-0.1, -0.05) is 30.4 Å². The second kappa shape index (κ2) is 6.73. The first-order chi connectivity index (χ1) is 11.4. The Balaban J connectivity index is 1.88. The van der Waals surface area contributed by atoms with E-state index < -0.39 is 9.84 Å². The van der Waals surface area contributed by atoms with Crippen molar-refractivity contribution in [3.8, 4) is 0 Å². The number of sulfone groups is 1. The van der Waals surface area contributed by atoms with Crippen LogP contribution in [-0.4, -0.2) is 35.8 Å². The lowest BCUT2D eigenvalue weighted by Crippen LogP contribution is -2.18. The van der Waals surface area contributed by atoms with Gasteiger partial charge in [-0.2, -0.15) is 0 Å². The number of allylic oxidation sites excluding steroid dienone is 4. The summed E-state index contributed by atoms with van der Waals surface area (Å²) in [6, 6.07) is 7.78. The molecule has 0 radical (unpaired) electrons. The van der Waals surface area contributed by atoms with Gasteiger partial charge in [-0.25, -0.2) is 13.4 Å². The zero-order chi connectivity index (χ0) is 17.2. The van der Waals surface area contributed by atoms with E-state index in [-0.39, 0.29) is 17.5 Å². The molecule has 1 atom stereocenters. The summed E-state index contributed by atoms with van der Waals surface area (Å²) in [5.41, 5.74) is 1.85. The van der Waals surface area contributed by atoms with Crippen molar-refractivity contribution in [2.75, 3.05) is 12.0 Å². The molecule has 0 saturated carbocycles. The zero-order valence-electron chi connectivity index (χ0n) is 13.6. The third-order valence-electron chi connectivity index (χ3n) is 4.11. The molecule has 24 heavy (non-hydrogen) atoms. The summed E-state index contributed by atoms with van der Waals surface area (Å²) in [7, 11) is -2.99. The topological polar surface area (TPSA) is 69.0 Å². The maximum Gasteiger partial charge on any atom is 0.162 e. The fourth-order valence-electron chi connectivity index (χ4n) is 2.95. The predicted octanol–water partition coefficient (Wildman–Crippen LogP) is 2.32. The molecule has 1 heterocycles. The summed E-state index contributed by atoms with van der Waals surface area (Å²) >= 11 is 0. The Labute approximate surface area is 141 Å². The molecular formula is C18H20N2O3S. The van der Waals surface area contributed by atoms with Crippen LogP contribution in [0.2, 0.25) is 0 Å². The molecule has 0 N–H and O–H groups in total. The largest absolute Gasteiger partial charge is 0.328 e. The number of ketones is 1. The minimum absolute atomic E-state index is 0.0762. The summed E-state index contributed by atoms with van der Waals surface area (Å²) in [5.74, 6) is 0.833. The highest BCUT2D eigenvalue weighted by atomic mass is 32.2. The van der Waals surface area contributed by atoms with Gasteiger partial charge >= 0.3 is 0 Å². The molecule has 0 bridgehead atoms. The van der Waals surface area contributed by atoms with E-state index >= 15 is 0 Å². The van der Waals surface area contributed by atoms with Gasteiger partial charge in [0.15, 0.2) is 5.78 Å². The van der Waals surface area contributed by atoms with Crippen molar-refractivity contribution in [3.05, 3.63) is 54.4 Å². The Morgan fingerprint density at radius 2 is 2.00 bits per heavy atom. The van der Waals surface area contributed by atoms with Gasteiger partial charge in [-0.3, -0.25) is 4.79 Å². The van der Waals surface area contributed by atoms with E-state index in [2.05, 4.69) is 4.98 Å². The third kappa shape index (κ3) is 3.82. The number of imidazole rings is 1. The Morgan fingerprint density at radius 1 is 1.21 bits per heavy atom. The van der Waals surface area contributed by atoms with Gasteiger partial charge in [0.2, 0.25) is 0 Å². The predicted molar refractivity (Wildman–Crippen MR) is 94.5 cm³/mol. The average Bonchev–Trinajstić information content (AvgIpc) is 2.86. The molecule has 1 aromatic carbocycles. The summed E-state index contributed by atoms with van der Waals surface area (Å²) in [6.07, 6.45) is 9.39. The first kappa shape index (κ1) is 16.6. The fraction of sp³-hybridized carbons (Fsp3) is 0.333. The van der Waals surface area contributed by atoms with Crippen molar-refractivity contribution >= 4 is 26.7 Å². The number of benzene rings is 1. The fourth-order valence-corrected chi connectivity index (χ4v) is 3.60. The number of hydrogen-bond donors (Lipinski definition) is 0. The van der Waals surface area contributed by atoms with Crippen molar-refractivity contribution in [1.29, 1.82) is 0 Å². The summed E-state index contributed by atoms with van der Waals surface area (Å²) in [6.45, 7) is 0.573. The molecule has 1 unspecified atom stereocenters. The lowest BCUT2D eigenvalue weighted by atomic mass is 9.95. The molecule has 1 aromatic heterocycles. The highest BCUT2D eigenvalue weighted by Gasteiger charge is 2.20. The zero-order valence-corrected chi connectivity index (χ0v) is 14.4. The highest BCUT2D eigenvalue weighted by Crippen LogP contribution is 2.21. The lowest BCUT2D eigenvalue weighted by Gasteiger charge is -2.14. The monoisotopic (exact) mass is 344 g/mol. The molecular weight excluding hydrogens is 324 g/mol. The van der Waals surface area contributed by atoms with Crippen LogP contribution in [-0.2, 0) is 27.6 Å². The first-order valence-corrected chi connectivity index (χ1v) is 10.0. The number of aryl methyl sites for hydroxylation is 1. The van der Waals surface area contributed by atoms with Crippen molar-refractivity contribution < 1.29 is 13.2 Å². The minimum atomic E-state index is -2.99. The summed E-state index contributed by atoms with van der Waals surface area (Å²) in [4.78, 5) is 16.7. The van der Waals surface area contributed by atoms with Crippen LogP contribution in [0.3, 0.4) is 0 Å². The number of nitrogens with zero attached hydrogens (tertiary/aromatic N) is 2. The van der Waals surface area contributed by atoms with Crippen LogP contribution in [0.1, 0.15) is 12.2 Å². The van der Waals surface area contributed by atoms with E-state index in [4.69, 9.17) is 0 Å². The van der Waals surface area contributed by atoms with E-state index in [1.165, 1.54) is 6.26 Å². The molecule has 0 aliphatic heterocycles. The lowest BCUT2D eigenvalue weighted by molar-refractivity contribution is -0.117. The maximum absolute atomic E-state index is 12.0. The number of carbonyl (C=O) groups excluding carboxylic acids is 1. The third-order valence-corrected chi connectivity index (χ3v) is 5.14. The smallest absolute Gasteiger partial charge is 0.162 e. The number of aromatic nitrogens is 2. The van der Waals surface area contributed by atoms with E-state index in [1.54, 1.807) is 12.2 Å². The van der Waals surface area contributed by atoms with Gasteiger partial charge in [-0.15, -0.1) is 0 Å². The van der Waals surface area contributed by atoms with Gasteiger partial charge in [0.25, 0.3) is 0 Å². The van der Waals surface area contributed by atoms with E-state index in [0.717, 1.165) is 16.9 Å². The van der Waals surface area contributed by atoms with Gasteiger partial charge in [0.1, 0.15) is 15.7 Å². The van der Waals surface area contributed by atoms with Gasteiger partial charge in [0, 0.05) is 25.1 Å². The quantitative estimate of drug-likeness (QED) is 0.806. The van der Waals surface area contributed by atoms with E-state index in [0.29, 0.717) is 19.4 Å². The molecule has 1 aliphatic rings. The Morgan fingerprint density at radius 3 is 2.75 bits per heavy atom. The van der Waals surface area contributed by atoms with E-state index in [9.17, 15) is 13.2 Å². The Kier molecular flexibility index (Phi) is 4.66. The maximum atomic E-state index is 12.0. The summed E-state index contributed by atoms with van der Waals surface area (Å²) in [5, 5.41) is 0. The molecule has 5 nitrogen and oxygen atoms in total. The van der Waals surface area contributed by atoms with Crippen LogP contribution >= 0.6 is 0 Å². The van der Waals surface area contributed by atoms with Crippen LogP contribution in [0.5, 0.6) is 0 Å². The van der Waals surface area contributed by atoms with Crippen LogP contribution in [0.4, 0.5) is 0 Å². The van der Waals surface area contributed by atoms with Crippen molar-refractivity contribution in [3.63, 3.8) is 0 Å². The number of fused-ring (bicyclic) bond motifs is 1. The van der Waals surface area contributed by atoms with Crippen molar-refractivity contribution in [2.24, 2.45) is 5.92 Å². The molecule has 3 rings (SSSR count). The molecule has 0 amide bonds. The average molecular weight is 344 g/mol. The molecule has 0 fully saturated rings. The van der Waals surface area contributed by atoms with Crippen LogP contribution in [0.15, 0.2) is 48.6 Å². The minimum Gasteiger partial charge on any atom is -0.328 e. The number of hydrogen-bond acceptors (Lipinski definition) is 4. The second-order valence-corrected chi connectivity index (χ2v) is 8.37. The molecule has 0 saturated heterocycles. The van der Waals surface area contributed by atoms with Crippen molar-refractivity contribution in [2.45, 2.75) is 19.4 Å². The number of para-hydroxylation sites is 2. The summed E-state index contributed by atoms with van der Waals surface area (Å²) < 4.78 is 24.8. The molecule has 2 aromatic rings. The Bertz CT molecular complexity index is 923. The molecule has 0 spiro atoms. The van der Waals surface area contributed by atoms with Gasteiger partial charge in [0.05, 0.1) is 16.8 Å². The molecule has 6 heteroatoms. The standard InChI is InChI=1S/C18H20N2O3S/c1-24(22,23)12-6-11-20-16-9-4-3-8-15(16)19-18(20)13-14-7-2-5-10-17(14)21/h2-5,7-10,14H,6,11-13H2,1H3. The Hall–Kier alpha value is -2.21. The first-order valence-electron chi connectivity index (χ1n) is 7.94. The van der Waals surface area contributed by atoms with Gasteiger partial charge in [-0.05, 0) is 24.6 Å². The second-order valence-electron chi connectivity index (χ2n) is 6.11. The number of carbonyl (C=O) groups is 1. The van der Waals surface area contributed by atoms with Crippen LogP contribution in [0.25, 0.3) is 11.0 Å². The molecule has 126 valence electrons. The van der Waals surface area contributed by atoms with Crippen LogP contribution in [0, 0.1) is 5.92 Å².